The van der Waals surface area contributed by atoms with Crippen molar-refractivity contribution in [3.05, 3.63) is 36.5 Å². The highest BCUT2D eigenvalue weighted by molar-refractivity contribution is 7.48. The van der Waals surface area contributed by atoms with Gasteiger partial charge in [-0.15, -0.1) is 0 Å². The predicted octanol–water partition coefficient (Wildman–Crippen LogP) is 5.10. The van der Waals surface area contributed by atoms with E-state index in [2.05, 4.69) is 11.6 Å². The first-order valence-electron chi connectivity index (χ1n) is 8.88. The lowest BCUT2D eigenvalue weighted by atomic mass is 10.2. The second-order valence-electron chi connectivity index (χ2n) is 8.04. The van der Waals surface area contributed by atoms with Gasteiger partial charge >= 0.3 is 13.9 Å². The van der Waals surface area contributed by atoms with Crippen LogP contribution in [0.15, 0.2) is 31.0 Å². The summed E-state index contributed by atoms with van der Waals surface area (Å²) in [6.45, 7) is 14.0. The van der Waals surface area contributed by atoms with Crippen LogP contribution in [0, 0.1) is 0 Å². The fourth-order valence-electron chi connectivity index (χ4n) is 2.05. The van der Waals surface area contributed by atoms with E-state index in [0.29, 0.717) is 11.4 Å². The summed E-state index contributed by atoms with van der Waals surface area (Å²) in [5.74, 6) is 0.314. The summed E-state index contributed by atoms with van der Waals surface area (Å²) in [7, 11) is -2.37. The molecule has 0 aliphatic heterocycles. The molecule has 0 aliphatic carbocycles. The van der Waals surface area contributed by atoms with Crippen LogP contribution in [-0.2, 0) is 29.5 Å². The van der Waals surface area contributed by atoms with Crippen LogP contribution in [0.1, 0.15) is 47.1 Å². The molecule has 0 unspecified atom stereocenters. The van der Waals surface area contributed by atoms with Gasteiger partial charge < -0.3 is 4.74 Å². The second-order valence-corrected chi connectivity index (χ2v) is 9.56. The molecule has 158 valence electrons. The van der Waals surface area contributed by atoms with E-state index < -0.39 is 25.1 Å². The third kappa shape index (κ3) is 8.52. The Kier molecular flexibility index (Phi) is 8.38. The molecule has 0 saturated carbocycles. The van der Waals surface area contributed by atoms with Crippen molar-refractivity contribution in [1.29, 1.82) is 0 Å². The monoisotopic (exact) mass is 414 g/mol. The first-order valence-corrected chi connectivity index (χ1v) is 10.3. The minimum absolute atomic E-state index is 0.0793. The van der Waals surface area contributed by atoms with Crippen molar-refractivity contribution >= 4 is 19.7 Å². The average Bonchev–Trinajstić information content (AvgIpc) is 2.54. The predicted molar refractivity (Wildman–Crippen MR) is 108 cm³/mol. The summed E-state index contributed by atoms with van der Waals surface area (Å²) < 4.78 is 35.0. The standard InChI is InChI=1S/C19H31N2O6P/c1-9-13-24-17(22)21(8)16-15(11-10-12-20-16)14-25-28(23,26-18(2,3)4)27-19(5,6)7/h9-12H,1,13-14H2,2-8H3. The molecule has 0 atom stereocenters. The molecule has 0 radical (unpaired) electrons. The molecule has 28 heavy (non-hydrogen) atoms. The van der Waals surface area contributed by atoms with Crippen molar-refractivity contribution in [2.24, 2.45) is 0 Å². The maximum Gasteiger partial charge on any atom is 0.476 e. The van der Waals surface area contributed by atoms with Crippen molar-refractivity contribution in [1.82, 2.24) is 4.98 Å². The maximum absolute atomic E-state index is 13.2. The van der Waals surface area contributed by atoms with Gasteiger partial charge in [-0.1, -0.05) is 18.7 Å². The van der Waals surface area contributed by atoms with Crippen LogP contribution in [0.25, 0.3) is 0 Å². The van der Waals surface area contributed by atoms with Crippen LogP contribution in [-0.4, -0.2) is 35.9 Å². The third-order valence-corrected chi connectivity index (χ3v) is 4.92. The van der Waals surface area contributed by atoms with E-state index in [4.69, 9.17) is 18.3 Å². The van der Waals surface area contributed by atoms with Crippen LogP contribution in [0.2, 0.25) is 0 Å². The molecule has 0 spiro atoms. The normalized spacial score (nSPS) is 12.5. The highest BCUT2D eigenvalue weighted by Gasteiger charge is 2.37. The minimum atomic E-state index is -3.89. The van der Waals surface area contributed by atoms with Gasteiger partial charge in [-0.3, -0.25) is 18.5 Å². The van der Waals surface area contributed by atoms with Gasteiger partial charge in [0.2, 0.25) is 0 Å². The Bertz CT molecular complexity index is 704. The Hall–Kier alpha value is -1.73. The summed E-state index contributed by atoms with van der Waals surface area (Å²) in [4.78, 5) is 17.5. The van der Waals surface area contributed by atoms with Crippen molar-refractivity contribution in [2.75, 3.05) is 18.6 Å². The summed E-state index contributed by atoms with van der Waals surface area (Å²) in [5.41, 5.74) is -0.969. The molecular weight excluding hydrogens is 383 g/mol. The summed E-state index contributed by atoms with van der Waals surface area (Å²) in [5, 5.41) is 0. The molecule has 0 saturated heterocycles. The van der Waals surface area contributed by atoms with Crippen LogP contribution in [0.5, 0.6) is 0 Å². The number of carbonyl (C=O) groups excluding carboxylic acids is 1. The Balaban J connectivity index is 3.04. The molecule has 0 fully saturated rings. The highest BCUT2D eigenvalue weighted by atomic mass is 31.2. The largest absolute Gasteiger partial charge is 0.476 e. The van der Waals surface area contributed by atoms with Gasteiger partial charge in [-0.25, -0.2) is 14.3 Å². The number of amides is 1. The molecule has 0 aliphatic rings. The Morgan fingerprint density at radius 1 is 1.21 bits per heavy atom. The lowest BCUT2D eigenvalue weighted by Crippen LogP contribution is -2.29. The fraction of sp³-hybridized carbons (Fsp3) is 0.579. The van der Waals surface area contributed by atoms with Crippen LogP contribution < -0.4 is 4.90 Å². The number of phosphoric ester groups is 1. The number of phosphoric acid groups is 1. The number of ether oxygens (including phenoxy) is 1. The van der Waals surface area contributed by atoms with Crippen molar-refractivity contribution < 1.29 is 27.7 Å². The van der Waals surface area contributed by atoms with Gasteiger partial charge in [-0.05, 0) is 47.6 Å². The van der Waals surface area contributed by atoms with Crippen molar-refractivity contribution in [3.63, 3.8) is 0 Å². The molecule has 8 nitrogen and oxygen atoms in total. The van der Waals surface area contributed by atoms with Gasteiger partial charge in [0.1, 0.15) is 12.4 Å². The number of carbonyl (C=O) groups is 1. The molecule has 0 aromatic carbocycles. The fourth-order valence-corrected chi connectivity index (χ4v) is 3.83. The van der Waals surface area contributed by atoms with Crippen molar-refractivity contribution in [3.8, 4) is 0 Å². The van der Waals surface area contributed by atoms with E-state index in [1.807, 2.05) is 0 Å². The van der Waals surface area contributed by atoms with Gasteiger partial charge in [0.15, 0.2) is 0 Å². The number of anilines is 1. The number of aromatic nitrogens is 1. The molecule has 0 N–H and O–H groups in total. The maximum atomic E-state index is 13.2. The van der Waals surface area contributed by atoms with Crippen LogP contribution >= 0.6 is 7.82 Å². The summed E-state index contributed by atoms with van der Waals surface area (Å²) in [6, 6.07) is 3.39. The molecule has 1 aromatic heterocycles. The smallest absolute Gasteiger partial charge is 0.445 e. The lowest BCUT2D eigenvalue weighted by Gasteiger charge is -2.31. The molecule has 1 aromatic rings. The van der Waals surface area contributed by atoms with E-state index in [1.54, 1.807) is 53.7 Å². The van der Waals surface area contributed by atoms with Gasteiger partial charge in [0, 0.05) is 18.8 Å². The molecular formula is C19H31N2O6P. The van der Waals surface area contributed by atoms with E-state index in [9.17, 15) is 9.36 Å². The molecule has 1 heterocycles. The number of rotatable bonds is 8. The molecule has 1 amide bonds. The van der Waals surface area contributed by atoms with E-state index in [0.717, 1.165) is 0 Å². The van der Waals surface area contributed by atoms with Crippen LogP contribution in [0.4, 0.5) is 10.6 Å². The zero-order valence-electron chi connectivity index (χ0n) is 17.7. The van der Waals surface area contributed by atoms with E-state index >= 15 is 0 Å². The number of nitrogens with zero attached hydrogens (tertiary/aromatic N) is 2. The molecule has 9 heteroatoms. The Morgan fingerprint density at radius 2 is 1.79 bits per heavy atom. The van der Waals surface area contributed by atoms with Crippen molar-refractivity contribution in [2.45, 2.75) is 59.4 Å². The molecule has 1 rings (SSSR count). The SMILES string of the molecule is C=CCOC(=O)N(C)c1ncccc1COP(=O)(OC(C)(C)C)OC(C)(C)C. The van der Waals surface area contributed by atoms with Gasteiger partial charge in [0.05, 0.1) is 17.8 Å². The number of hydrogen-bond acceptors (Lipinski definition) is 7. The second kappa shape index (κ2) is 9.65. The lowest BCUT2D eigenvalue weighted by molar-refractivity contribution is 0.000887. The number of pyridine rings is 1. The minimum Gasteiger partial charge on any atom is -0.445 e. The van der Waals surface area contributed by atoms with Gasteiger partial charge in [-0.2, -0.15) is 0 Å². The first-order chi connectivity index (χ1) is 12.8. The van der Waals surface area contributed by atoms with E-state index in [1.165, 1.54) is 24.2 Å². The first kappa shape index (κ1) is 24.3. The Morgan fingerprint density at radius 3 is 2.29 bits per heavy atom. The average molecular weight is 414 g/mol. The zero-order chi connectivity index (χ0) is 21.6. The third-order valence-electron chi connectivity index (χ3n) is 2.93. The zero-order valence-corrected chi connectivity index (χ0v) is 18.6. The van der Waals surface area contributed by atoms with Crippen LogP contribution in [0.3, 0.4) is 0 Å². The highest BCUT2D eigenvalue weighted by Crippen LogP contribution is 2.56. The quantitative estimate of drug-likeness (QED) is 0.432. The Labute approximate surface area is 167 Å². The topological polar surface area (TPSA) is 87.2 Å². The van der Waals surface area contributed by atoms with E-state index in [-0.39, 0.29) is 13.2 Å². The van der Waals surface area contributed by atoms with Gasteiger partial charge in [0.25, 0.3) is 0 Å². The summed E-state index contributed by atoms with van der Waals surface area (Å²) in [6.07, 6.45) is 2.41. The number of hydrogen-bond donors (Lipinski definition) is 0. The molecule has 0 bridgehead atoms. The summed E-state index contributed by atoms with van der Waals surface area (Å²) >= 11 is 0.